The molecule has 1 aliphatic rings. The highest BCUT2D eigenvalue weighted by Crippen LogP contribution is 2.53. The lowest BCUT2D eigenvalue weighted by Crippen LogP contribution is -2.14. The summed E-state index contributed by atoms with van der Waals surface area (Å²) in [5, 5.41) is 2.92. The highest BCUT2D eigenvalue weighted by molar-refractivity contribution is 5.95. The lowest BCUT2D eigenvalue weighted by atomic mass is 10.1. The van der Waals surface area contributed by atoms with Gasteiger partial charge in [-0.1, -0.05) is 19.9 Å². The Kier molecular flexibility index (Phi) is 3.61. The van der Waals surface area contributed by atoms with Crippen LogP contribution in [0, 0.1) is 11.3 Å². The van der Waals surface area contributed by atoms with Gasteiger partial charge >= 0.3 is 0 Å². The van der Waals surface area contributed by atoms with E-state index in [1.165, 1.54) is 0 Å². The number of hydrogen-bond donors (Lipinski definition) is 2. The van der Waals surface area contributed by atoms with E-state index < -0.39 is 0 Å². The van der Waals surface area contributed by atoms with Crippen molar-refractivity contribution in [1.82, 2.24) is 4.98 Å². The van der Waals surface area contributed by atoms with Gasteiger partial charge in [0, 0.05) is 18.8 Å². The first kappa shape index (κ1) is 14.6. The van der Waals surface area contributed by atoms with Gasteiger partial charge in [0.1, 0.15) is 0 Å². The Morgan fingerprint density at radius 2 is 1.95 bits per heavy atom. The standard InChI is InChI=1S/C18H21N3O/c1-18(2)11-14(18)10-17(22)21-16-4-3-13(9-15(16)19)12-5-7-20-8-6-12/h3-9,14H,10-11,19H2,1-2H3,(H,21,22). The maximum absolute atomic E-state index is 12.1. The minimum Gasteiger partial charge on any atom is -0.397 e. The van der Waals surface area contributed by atoms with Crippen molar-refractivity contribution in [2.45, 2.75) is 26.7 Å². The first-order valence-electron chi connectivity index (χ1n) is 7.55. The van der Waals surface area contributed by atoms with Crippen LogP contribution in [0.15, 0.2) is 42.7 Å². The summed E-state index contributed by atoms with van der Waals surface area (Å²) in [6.07, 6.45) is 5.19. The first-order chi connectivity index (χ1) is 10.5. The van der Waals surface area contributed by atoms with Crippen LogP contribution in [-0.4, -0.2) is 10.9 Å². The molecule has 1 fully saturated rings. The van der Waals surface area contributed by atoms with E-state index >= 15 is 0 Å². The lowest BCUT2D eigenvalue weighted by Gasteiger charge is -2.11. The summed E-state index contributed by atoms with van der Waals surface area (Å²) < 4.78 is 0. The van der Waals surface area contributed by atoms with E-state index in [1.54, 1.807) is 12.4 Å². The van der Waals surface area contributed by atoms with Crippen LogP contribution in [0.3, 0.4) is 0 Å². The van der Waals surface area contributed by atoms with Gasteiger partial charge in [-0.15, -0.1) is 0 Å². The van der Waals surface area contributed by atoms with E-state index in [0.29, 0.717) is 29.1 Å². The summed E-state index contributed by atoms with van der Waals surface area (Å²) in [5.41, 5.74) is 9.72. The molecule has 22 heavy (non-hydrogen) atoms. The molecule has 1 unspecified atom stereocenters. The molecule has 0 radical (unpaired) electrons. The van der Waals surface area contributed by atoms with E-state index in [2.05, 4.69) is 24.1 Å². The van der Waals surface area contributed by atoms with E-state index in [4.69, 9.17) is 5.73 Å². The number of rotatable bonds is 4. The Hall–Kier alpha value is -2.36. The number of benzene rings is 1. The minimum atomic E-state index is 0.0407. The van der Waals surface area contributed by atoms with Crippen molar-refractivity contribution < 1.29 is 4.79 Å². The molecule has 3 rings (SSSR count). The monoisotopic (exact) mass is 295 g/mol. The number of carbonyl (C=O) groups is 1. The highest BCUT2D eigenvalue weighted by atomic mass is 16.1. The molecular formula is C18H21N3O. The van der Waals surface area contributed by atoms with Crippen molar-refractivity contribution in [2.75, 3.05) is 11.1 Å². The second kappa shape index (κ2) is 5.44. The van der Waals surface area contributed by atoms with E-state index in [-0.39, 0.29) is 5.91 Å². The Balaban J connectivity index is 1.69. The zero-order valence-corrected chi connectivity index (χ0v) is 13.0. The first-order valence-corrected chi connectivity index (χ1v) is 7.55. The summed E-state index contributed by atoms with van der Waals surface area (Å²) in [6, 6.07) is 9.57. The minimum absolute atomic E-state index is 0.0407. The van der Waals surface area contributed by atoms with Crippen LogP contribution in [0.4, 0.5) is 11.4 Å². The Labute approximate surface area is 130 Å². The molecule has 0 aliphatic heterocycles. The quantitative estimate of drug-likeness (QED) is 0.845. The number of nitrogens with zero attached hydrogens (tertiary/aromatic N) is 1. The second-order valence-corrected chi connectivity index (χ2v) is 6.68. The van der Waals surface area contributed by atoms with Crippen LogP contribution < -0.4 is 11.1 Å². The van der Waals surface area contributed by atoms with Crippen LogP contribution in [-0.2, 0) is 4.79 Å². The maximum Gasteiger partial charge on any atom is 0.224 e. The van der Waals surface area contributed by atoms with Gasteiger partial charge < -0.3 is 11.1 Å². The molecule has 2 aromatic rings. The van der Waals surface area contributed by atoms with Gasteiger partial charge in [-0.05, 0) is 53.1 Å². The predicted molar refractivity (Wildman–Crippen MR) is 89.2 cm³/mol. The topological polar surface area (TPSA) is 68.0 Å². The van der Waals surface area contributed by atoms with Gasteiger partial charge in [0.2, 0.25) is 5.91 Å². The lowest BCUT2D eigenvalue weighted by molar-refractivity contribution is -0.116. The van der Waals surface area contributed by atoms with Gasteiger partial charge in [0.15, 0.2) is 0 Å². The van der Waals surface area contributed by atoms with E-state index in [0.717, 1.165) is 17.5 Å². The van der Waals surface area contributed by atoms with E-state index in [1.807, 2.05) is 30.3 Å². The predicted octanol–water partition coefficient (Wildman–Crippen LogP) is 3.71. The third-order valence-corrected chi connectivity index (χ3v) is 4.49. The van der Waals surface area contributed by atoms with Crippen LogP contribution in [0.25, 0.3) is 11.1 Å². The number of amides is 1. The SMILES string of the molecule is CC1(C)CC1CC(=O)Nc1ccc(-c2ccncc2)cc1N. The molecule has 0 bridgehead atoms. The molecule has 1 aromatic heterocycles. The molecule has 4 heteroatoms. The summed E-state index contributed by atoms with van der Waals surface area (Å²) in [5.74, 6) is 0.531. The van der Waals surface area contributed by atoms with Crippen LogP contribution in [0.5, 0.6) is 0 Å². The Morgan fingerprint density at radius 1 is 1.27 bits per heavy atom. The number of carbonyl (C=O) groups excluding carboxylic acids is 1. The highest BCUT2D eigenvalue weighted by Gasteiger charge is 2.46. The molecule has 1 aliphatic carbocycles. The third-order valence-electron chi connectivity index (χ3n) is 4.49. The Morgan fingerprint density at radius 3 is 2.55 bits per heavy atom. The molecule has 114 valence electrons. The molecule has 1 aromatic carbocycles. The van der Waals surface area contributed by atoms with E-state index in [9.17, 15) is 4.79 Å². The fourth-order valence-corrected chi connectivity index (χ4v) is 2.75. The molecule has 1 heterocycles. The average Bonchev–Trinajstić information content (AvgIpc) is 3.08. The van der Waals surface area contributed by atoms with Crippen LogP contribution >= 0.6 is 0 Å². The van der Waals surface area contributed by atoms with Crippen LogP contribution in [0.2, 0.25) is 0 Å². The van der Waals surface area contributed by atoms with Gasteiger partial charge in [0.05, 0.1) is 11.4 Å². The third kappa shape index (κ3) is 3.11. The zero-order valence-electron chi connectivity index (χ0n) is 13.0. The molecule has 1 amide bonds. The van der Waals surface area contributed by atoms with Crippen LogP contribution in [0.1, 0.15) is 26.7 Å². The number of aromatic nitrogens is 1. The molecule has 4 nitrogen and oxygen atoms in total. The van der Waals surface area contributed by atoms with Crippen molar-refractivity contribution in [3.63, 3.8) is 0 Å². The average molecular weight is 295 g/mol. The molecule has 1 atom stereocenters. The second-order valence-electron chi connectivity index (χ2n) is 6.68. The molecule has 0 spiro atoms. The normalized spacial score (nSPS) is 18.7. The number of nitrogens with two attached hydrogens (primary N) is 1. The van der Waals surface area contributed by atoms with Crippen molar-refractivity contribution in [3.8, 4) is 11.1 Å². The summed E-state index contributed by atoms with van der Waals surface area (Å²) in [4.78, 5) is 16.1. The maximum atomic E-state index is 12.1. The van der Waals surface area contributed by atoms with Crippen molar-refractivity contribution in [2.24, 2.45) is 11.3 Å². The summed E-state index contributed by atoms with van der Waals surface area (Å²) in [6.45, 7) is 4.39. The molecule has 0 saturated heterocycles. The molecule has 3 N–H and O–H groups in total. The van der Waals surface area contributed by atoms with Gasteiger partial charge in [-0.25, -0.2) is 0 Å². The van der Waals surface area contributed by atoms with Gasteiger partial charge in [-0.3, -0.25) is 9.78 Å². The fourth-order valence-electron chi connectivity index (χ4n) is 2.75. The fraction of sp³-hybridized carbons (Fsp3) is 0.333. The van der Waals surface area contributed by atoms with Gasteiger partial charge in [-0.2, -0.15) is 0 Å². The number of nitrogen functional groups attached to an aromatic ring is 1. The largest absolute Gasteiger partial charge is 0.397 e. The Bertz CT molecular complexity index is 695. The number of nitrogens with one attached hydrogen (secondary N) is 1. The van der Waals surface area contributed by atoms with Crippen molar-refractivity contribution in [1.29, 1.82) is 0 Å². The van der Waals surface area contributed by atoms with Crippen molar-refractivity contribution >= 4 is 17.3 Å². The van der Waals surface area contributed by atoms with Gasteiger partial charge in [0.25, 0.3) is 0 Å². The summed E-state index contributed by atoms with van der Waals surface area (Å²) >= 11 is 0. The van der Waals surface area contributed by atoms with Crippen molar-refractivity contribution in [3.05, 3.63) is 42.7 Å². The number of pyridine rings is 1. The smallest absolute Gasteiger partial charge is 0.224 e. The number of hydrogen-bond acceptors (Lipinski definition) is 3. The zero-order chi connectivity index (χ0) is 15.7. The molecular weight excluding hydrogens is 274 g/mol. The summed E-state index contributed by atoms with van der Waals surface area (Å²) in [7, 11) is 0. The number of anilines is 2. The molecule has 1 saturated carbocycles.